The van der Waals surface area contributed by atoms with E-state index in [4.69, 9.17) is 0 Å². The van der Waals surface area contributed by atoms with Gasteiger partial charge in [0.05, 0.1) is 21.8 Å². The minimum absolute atomic E-state index is 0. The van der Waals surface area contributed by atoms with Crippen LogP contribution in [0.25, 0.3) is 17.2 Å². The van der Waals surface area contributed by atoms with Crippen molar-refractivity contribution in [3.8, 4) is 11.1 Å². The van der Waals surface area contributed by atoms with Gasteiger partial charge >= 0.3 is 35.7 Å². The van der Waals surface area contributed by atoms with E-state index in [1.165, 1.54) is 12.1 Å². The van der Waals surface area contributed by atoms with Crippen LogP contribution < -0.4 is 10.0 Å². The van der Waals surface area contributed by atoms with Crippen molar-refractivity contribution in [2.45, 2.75) is 22.4 Å². The second kappa shape index (κ2) is 15.2. The Kier molecular flexibility index (Phi) is 11.8. The number of rotatable bonds is 8. The number of alkyl halides is 3. The number of benzene rings is 4. The van der Waals surface area contributed by atoms with Crippen LogP contribution in [0.4, 0.5) is 23.2 Å². The summed E-state index contributed by atoms with van der Waals surface area (Å²) in [4.78, 5) is 29.7. The van der Waals surface area contributed by atoms with Crippen molar-refractivity contribution in [2.75, 3.05) is 11.6 Å². The van der Waals surface area contributed by atoms with Gasteiger partial charge in [-0.2, -0.15) is 18.2 Å². The molecule has 0 bridgehead atoms. The van der Waals surface area contributed by atoms with Crippen molar-refractivity contribution in [2.24, 2.45) is 4.99 Å². The molecule has 0 spiro atoms. The van der Waals surface area contributed by atoms with Gasteiger partial charge in [-0.1, -0.05) is 36.4 Å². The molecule has 0 aliphatic carbocycles. The van der Waals surface area contributed by atoms with Gasteiger partial charge in [0.15, 0.2) is 5.17 Å². The monoisotopic (exact) mass is 709 g/mol. The standard InChI is InChI=1S/C32H23F4N3O4S3.Na.H/c1-44-25-12-6-20(7-13-25)21-4-5-22(27(33)17-21)18-28-30(41)38-31(45-28)37-24-10-2-19(3-11-24)16-29(40)39-46(42,43)26-14-8-23(9-15-26)32(34,35)36;;/h2-15,17-18H,16H2,1H3,(H,39,40)(H,37,38,41);;. The topological polar surface area (TPSA) is 105 Å². The van der Waals surface area contributed by atoms with Gasteiger partial charge < -0.3 is 5.32 Å². The van der Waals surface area contributed by atoms with Crippen LogP contribution in [0.15, 0.2) is 111 Å². The fraction of sp³-hybridized carbons (Fsp3) is 0.0938. The van der Waals surface area contributed by atoms with Crippen molar-refractivity contribution in [1.29, 1.82) is 0 Å². The van der Waals surface area contributed by atoms with E-state index >= 15 is 0 Å². The van der Waals surface area contributed by atoms with Gasteiger partial charge in [0, 0.05) is 16.1 Å². The minimum atomic E-state index is -4.63. The molecule has 47 heavy (non-hydrogen) atoms. The van der Waals surface area contributed by atoms with Crippen LogP contribution in [0.1, 0.15) is 16.7 Å². The van der Waals surface area contributed by atoms with E-state index in [1.807, 2.05) is 35.2 Å². The number of carbonyl (C=O) groups is 2. The maximum atomic E-state index is 14.9. The summed E-state index contributed by atoms with van der Waals surface area (Å²) in [5, 5.41) is 3.24. The average molecular weight is 710 g/mol. The first-order valence-corrected chi connectivity index (χ1v) is 16.9. The van der Waals surface area contributed by atoms with Gasteiger partial charge in [-0.3, -0.25) is 9.59 Å². The summed E-state index contributed by atoms with van der Waals surface area (Å²) >= 11 is 2.64. The van der Waals surface area contributed by atoms with Crippen molar-refractivity contribution in [3.63, 3.8) is 0 Å². The predicted octanol–water partition coefficient (Wildman–Crippen LogP) is 6.71. The number of hydrogen-bond donors (Lipinski definition) is 2. The molecular formula is C32H24F4N3NaO4S3. The Morgan fingerprint density at radius 2 is 1.57 bits per heavy atom. The second-order valence-corrected chi connectivity index (χ2v) is 13.4. The molecule has 2 N–H and O–H groups in total. The Morgan fingerprint density at radius 3 is 2.17 bits per heavy atom. The molecule has 7 nitrogen and oxygen atoms in total. The molecule has 1 aliphatic rings. The fourth-order valence-electron chi connectivity index (χ4n) is 4.29. The van der Waals surface area contributed by atoms with Crippen LogP contribution in [0, 0.1) is 5.82 Å². The molecule has 0 radical (unpaired) electrons. The molecule has 1 aliphatic heterocycles. The normalized spacial score (nSPS) is 14.0. The summed E-state index contributed by atoms with van der Waals surface area (Å²) in [5.41, 5.74) is 1.76. The third kappa shape index (κ3) is 9.36. The van der Waals surface area contributed by atoms with Crippen LogP contribution in [-0.2, 0) is 32.2 Å². The van der Waals surface area contributed by atoms with Gasteiger partial charge in [0.25, 0.3) is 15.9 Å². The molecule has 2 amide bonds. The first-order valence-electron chi connectivity index (χ1n) is 13.4. The van der Waals surface area contributed by atoms with Crippen LogP contribution in [-0.4, -0.2) is 61.2 Å². The molecule has 4 aromatic carbocycles. The molecule has 0 saturated heterocycles. The number of nitrogens with zero attached hydrogens (tertiary/aromatic N) is 1. The zero-order chi connectivity index (χ0) is 33.1. The van der Waals surface area contributed by atoms with Gasteiger partial charge in [-0.25, -0.2) is 17.5 Å². The zero-order valence-corrected chi connectivity index (χ0v) is 26.2. The molecule has 0 aromatic heterocycles. The molecule has 238 valence electrons. The van der Waals surface area contributed by atoms with Crippen LogP contribution in [0.3, 0.4) is 0 Å². The van der Waals surface area contributed by atoms with E-state index in [0.717, 1.165) is 34.4 Å². The number of anilines is 1. The Bertz CT molecular complexity index is 1970. The van der Waals surface area contributed by atoms with Gasteiger partial charge in [0.2, 0.25) is 5.91 Å². The van der Waals surface area contributed by atoms with Gasteiger partial charge in [-0.15, -0.1) is 11.8 Å². The zero-order valence-electron chi connectivity index (χ0n) is 23.8. The van der Waals surface area contributed by atoms with Crippen molar-refractivity contribution in [3.05, 3.63) is 118 Å². The van der Waals surface area contributed by atoms with E-state index in [2.05, 4.69) is 10.3 Å². The Labute approximate surface area is 298 Å². The fourth-order valence-corrected chi connectivity index (χ4v) is 6.51. The molecule has 4 aromatic rings. The summed E-state index contributed by atoms with van der Waals surface area (Å²) in [6.07, 6.45) is -1.54. The Balaban J connectivity index is 0.00000500. The summed E-state index contributed by atoms with van der Waals surface area (Å²) in [6.45, 7) is 0. The molecule has 5 rings (SSSR count). The number of halogens is 4. The van der Waals surface area contributed by atoms with E-state index in [9.17, 15) is 35.6 Å². The average Bonchev–Trinajstić information content (AvgIpc) is 3.36. The number of amidine groups is 1. The van der Waals surface area contributed by atoms with E-state index in [0.29, 0.717) is 28.9 Å². The molecule has 1 heterocycles. The van der Waals surface area contributed by atoms with Crippen LogP contribution >= 0.6 is 23.5 Å². The summed E-state index contributed by atoms with van der Waals surface area (Å²) in [7, 11) is -4.38. The number of nitrogens with one attached hydrogen (secondary N) is 2. The first-order chi connectivity index (χ1) is 21.8. The third-order valence-corrected chi connectivity index (χ3v) is 9.67. The quantitative estimate of drug-likeness (QED) is 0.0907. The number of aliphatic imine (C=N–C) groups is 1. The van der Waals surface area contributed by atoms with E-state index in [1.54, 1.807) is 48.2 Å². The molecule has 0 fully saturated rings. The molecule has 0 unspecified atom stereocenters. The summed E-state index contributed by atoms with van der Waals surface area (Å²) < 4.78 is 79.9. The second-order valence-electron chi connectivity index (χ2n) is 9.85. The summed E-state index contributed by atoms with van der Waals surface area (Å²) in [6, 6.07) is 21.6. The van der Waals surface area contributed by atoms with Crippen molar-refractivity contribution < 1.29 is 35.6 Å². The van der Waals surface area contributed by atoms with Gasteiger partial charge in [-0.05, 0) is 95.4 Å². The molecule has 0 atom stereocenters. The van der Waals surface area contributed by atoms with Gasteiger partial charge in [0.1, 0.15) is 5.82 Å². The number of carbonyl (C=O) groups excluding carboxylic acids is 2. The van der Waals surface area contributed by atoms with Crippen molar-refractivity contribution in [1.82, 2.24) is 4.72 Å². The Morgan fingerprint density at radius 1 is 0.936 bits per heavy atom. The number of hydrogen-bond acceptors (Lipinski definition) is 7. The summed E-state index contributed by atoms with van der Waals surface area (Å²) in [5.74, 6) is -1.91. The maximum absolute atomic E-state index is 14.9. The number of sulfonamides is 1. The van der Waals surface area contributed by atoms with Crippen LogP contribution in [0.5, 0.6) is 0 Å². The molecule has 0 saturated carbocycles. The predicted molar refractivity (Wildman–Crippen MR) is 179 cm³/mol. The third-order valence-electron chi connectivity index (χ3n) is 6.64. The number of amides is 2. The Hall–Kier alpha value is -3.40. The SMILES string of the molecule is CSc1ccc(-c2ccc(C=C3SC(Nc4ccc(CC(=O)NS(=O)(=O)c5ccc(C(F)(F)F)cc5)cc4)=NC3=O)c(F)c2)cc1.[NaH]. The first kappa shape index (κ1) is 36.4. The van der Waals surface area contributed by atoms with E-state index in [-0.39, 0.29) is 51.6 Å². The molecular weight excluding hydrogens is 686 g/mol. The number of thioether (sulfide) groups is 2. The van der Waals surface area contributed by atoms with E-state index < -0.39 is 44.3 Å². The molecule has 15 heteroatoms. The van der Waals surface area contributed by atoms with Crippen molar-refractivity contribution >= 4 is 91.8 Å². The van der Waals surface area contributed by atoms with Crippen LogP contribution in [0.2, 0.25) is 0 Å².